The molecule has 0 spiro atoms. The minimum atomic E-state index is -0.290. The summed E-state index contributed by atoms with van der Waals surface area (Å²) in [5, 5.41) is 12.2. The zero-order chi connectivity index (χ0) is 13.1. The number of carbonyl (C=O) groups excluding carboxylic acids is 1. The maximum absolute atomic E-state index is 12.0. The molecule has 1 aromatic heterocycles. The number of rotatable bonds is 2. The van der Waals surface area contributed by atoms with Gasteiger partial charge in [0.25, 0.3) is 5.91 Å². The molecule has 0 aliphatic heterocycles. The van der Waals surface area contributed by atoms with Gasteiger partial charge < -0.3 is 10.4 Å². The first-order chi connectivity index (χ1) is 8.56. The van der Waals surface area contributed by atoms with Crippen molar-refractivity contribution in [3.05, 3.63) is 52.7 Å². The van der Waals surface area contributed by atoms with Crippen molar-refractivity contribution in [1.29, 1.82) is 0 Å². The van der Waals surface area contributed by atoms with Crippen molar-refractivity contribution in [3.8, 4) is 5.75 Å². The fourth-order valence-electron chi connectivity index (χ4n) is 1.56. The lowest BCUT2D eigenvalue weighted by molar-refractivity contribution is 0.102. The molecule has 0 fully saturated rings. The van der Waals surface area contributed by atoms with Crippen molar-refractivity contribution in [1.82, 2.24) is 4.98 Å². The van der Waals surface area contributed by atoms with E-state index in [1.54, 1.807) is 31.2 Å². The Hall–Kier alpha value is -2.07. The van der Waals surface area contributed by atoms with Crippen LogP contribution in [0.2, 0.25) is 5.15 Å². The predicted octanol–water partition coefficient (Wildman–Crippen LogP) is 3.00. The Morgan fingerprint density at radius 3 is 2.78 bits per heavy atom. The van der Waals surface area contributed by atoms with E-state index in [1.807, 2.05) is 0 Å². The maximum Gasteiger partial charge on any atom is 0.257 e. The molecular formula is C13H11ClN2O2. The van der Waals surface area contributed by atoms with Crippen molar-refractivity contribution in [2.75, 3.05) is 5.32 Å². The normalized spacial score (nSPS) is 10.1. The third-order valence-corrected chi connectivity index (χ3v) is 2.62. The smallest absolute Gasteiger partial charge is 0.257 e. The molecule has 2 rings (SSSR count). The van der Waals surface area contributed by atoms with Gasteiger partial charge in [-0.15, -0.1) is 0 Å². The molecule has 5 heteroatoms. The number of pyridine rings is 1. The van der Waals surface area contributed by atoms with E-state index in [1.165, 1.54) is 12.1 Å². The Morgan fingerprint density at radius 2 is 2.11 bits per heavy atom. The summed E-state index contributed by atoms with van der Waals surface area (Å²) >= 11 is 5.73. The van der Waals surface area contributed by atoms with E-state index in [-0.39, 0.29) is 11.7 Å². The summed E-state index contributed by atoms with van der Waals surface area (Å²) in [6, 6.07) is 9.54. The van der Waals surface area contributed by atoms with Crippen LogP contribution in [0.25, 0.3) is 0 Å². The van der Waals surface area contributed by atoms with Gasteiger partial charge in [0.2, 0.25) is 0 Å². The summed E-state index contributed by atoms with van der Waals surface area (Å²) in [6.07, 6.45) is 0. The van der Waals surface area contributed by atoms with Gasteiger partial charge in [0.15, 0.2) is 0 Å². The van der Waals surface area contributed by atoms with Crippen LogP contribution < -0.4 is 5.32 Å². The van der Waals surface area contributed by atoms with E-state index in [2.05, 4.69) is 10.3 Å². The van der Waals surface area contributed by atoms with E-state index in [0.29, 0.717) is 22.1 Å². The Balaban J connectivity index is 2.22. The van der Waals surface area contributed by atoms with E-state index >= 15 is 0 Å². The Labute approximate surface area is 109 Å². The first kappa shape index (κ1) is 12.4. The number of aromatic hydroxyl groups is 1. The highest BCUT2D eigenvalue weighted by atomic mass is 35.5. The van der Waals surface area contributed by atoms with Crippen LogP contribution in [0.3, 0.4) is 0 Å². The third-order valence-electron chi connectivity index (χ3n) is 2.41. The number of hydrogen-bond donors (Lipinski definition) is 2. The number of hydrogen-bond acceptors (Lipinski definition) is 3. The predicted molar refractivity (Wildman–Crippen MR) is 70.0 cm³/mol. The molecule has 0 radical (unpaired) electrons. The number of nitrogens with zero attached hydrogens (tertiary/aromatic N) is 1. The zero-order valence-electron chi connectivity index (χ0n) is 9.64. The summed E-state index contributed by atoms with van der Waals surface area (Å²) in [5.74, 6) is 0.229. The van der Waals surface area contributed by atoms with Crippen LogP contribution in [0.15, 0.2) is 36.4 Å². The standard InChI is InChI=1S/C13H11ClN2O2/c1-8-7-9(17)5-6-10(8)13(18)16-12-4-2-3-11(14)15-12/h2-7,17H,1H3,(H,15,16,18). The molecule has 0 bridgehead atoms. The summed E-state index contributed by atoms with van der Waals surface area (Å²) in [6.45, 7) is 1.75. The minimum absolute atomic E-state index is 0.130. The molecule has 1 heterocycles. The van der Waals surface area contributed by atoms with Crippen LogP contribution >= 0.6 is 11.6 Å². The number of carbonyl (C=O) groups is 1. The quantitative estimate of drug-likeness (QED) is 0.818. The summed E-state index contributed by atoms with van der Waals surface area (Å²) in [5.41, 5.74) is 1.17. The Bertz CT molecular complexity index is 599. The van der Waals surface area contributed by atoms with Crippen LogP contribution in [0, 0.1) is 6.92 Å². The molecule has 0 atom stereocenters. The van der Waals surface area contributed by atoms with Crippen molar-refractivity contribution in [3.63, 3.8) is 0 Å². The van der Waals surface area contributed by atoms with Crippen LogP contribution in [-0.2, 0) is 0 Å². The molecule has 1 aromatic carbocycles. The number of aryl methyl sites for hydroxylation is 1. The second-order valence-electron chi connectivity index (χ2n) is 3.80. The molecule has 0 unspecified atom stereocenters. The van der Waals surface area contributed by atoms with E-state index in [4.69, 9.17) is 11.6 Å². The number of aromatic nitrogens is 1. The second-order valence-corrected chi connectivity index (χ2v) is 4.19. The van der Waals surface area contributed by atoms with Gasteiger partial charge in [-0.05, 0) is 42.8 Å². The molecule has 92 valence electrons. The number of benzene rings is 1. The van der Waals surface area contributed by atoms with Gasteiger partial charge in [-0.2, -0.15) is 0 Å². The zero-order valence-corrected chi connectivity index (χ0v) is 10.4. The Kier molecular flexibility index (Phi) is 3.48. The highest BCUT2D eigenvalue weighted by Gasteiger charge is 2.10. The monoisotopic (exact) mass is 262 g/mol. The van der Waals surface area contributed by atoms with Gasteiger partial charge in [-0.25, -0.2) is 4.98 Å². The maximum atomic E-state index is 12.0. The van der Waals surface area contributed by atoms with Gasteiger partial charge in [0.1, 0.15) is 16.7 Å². The van der Waals surface area contributed by atoms with Gasteiger partial charge >= 0.3 is 0 Å². The molecule has 0 aliphatic carbocycles. The molecular weight excluding hydrogens is 252 g/mol. The third kappa shape index (κ3) is 2.78. The van der Waals surface area contributed by atoms with Crippen molar-refractivity contribution in [2.45, 2.75) is 6.92 Å². The van der Waals surface area contributed by atoms with Crippen LogP contribution in [0.4, 0.5) is 5.82 Å². The van der Waals surface area contributed by atoms with Gasteiger partial charge in [-0.1, -0.05) is 17.7 Å². The first-order valence-corrected chi connectivity index (χ1v) is 5.67. The van der Waals surface area contributed by atoms with Gasteiger partial charge in [-0.3, -0.25) is 4.79 Å². The van der Waals surface area contributed by atoms with Crippen LogP contribution in [0.1, 0.15) is 15.9 Å². The largest absolute Gasteiger partial charge is 0.508 e. The van der Waals surface area contributed by atoms with Crippen molar-refractivity contribution >= 4 is 23.3 Å². The lowest BCUT2D eigenvalue weighted by atomic mass is 10.1. The number of phenols is 1. The van der Waals surface area contributed by atoms with Crippen molar-refractivity contribution in [2.24, 2.45) is 0 Å². The summed E-state index contributed by atoms with van der Waals surface area (Å²) in [4.78, 5) is 16.0. The lowest BCUT2D eigenvalue weighted by Gasteiger charge is -2.07. The molecule has 18 heavy (non-hydrogen) atoms. The number of amides is 1. The minimum Gasteiger partial charge on any atom is -0.508 e. The molecule has 0 aliphatic rings. The van der Waals surface area contributed by atoms with E-state index in [9.17, 15) is 9.90 Å². The van der Waals surface area contributed by atoms with Crippen molar-refractivity contribution < 1.29 is 9.90 Å². The van der Waals surface area contributed by atoms with Crippen LogP contribution in [-0.4, -0.2) is 16.0 Å². The molecule has 4 nitrogen and oxygen atoms in total. The highest BCUT2D eigenvalue weighted by Crippen LogP contribution is 2.17. The molecule has 0 saturated carbocycles. The molecule has 0 saturated heterocycles. The lowest BCUT2D eigenvalue weighted by Crippen LogP contribution is -2.14. The topological polar surface area (TPSA) is 62.2 Å². The molecule has 1 amide bonds. The van der Waals surface area contributed by atoms with Gasteiger partial charge in [0, 0.05) is 5.56 Å². The van der Waals surface area contributed by atoms with Gasteiger partial charge in [0.05, 0.1) is 0 Å². The first-order valence-electron chi connectivity index (χ1n) is 5.30. The second kappa shape index (κ2) is 5.06. The van der Waals surface area contributed by atoms with E-state index in [0.717, 1.165) is 0 Å². The van der Waals surface area contributed by atoms with Crippen LogP contribution in [0.5, 0.6) is 5.75 Å². The summed E-state index contributed by atoms with van der Waals surface area (Å²) in [7, 11) is 0. The average molecular weight is 263 g/mol. The average Bonchev–Trinajstić information content (AvgIpc) is 2.28. The number of anilines is 1. The number of nitrogens with one attached hydrogen (secondary N) is 1. The van der Waals surface area contributed by atoms with E-state index < -0.39 is 0 Å². The highest BCUT2D eigenvalue weighted by molar-refractivity contribution is 6.29. The number of halogens is 1. The summed E-state index contributed by atoms with van der Waals surface area (Å²) < 4.78 is 0. The Morgan fingerprint density at radius 1 is 1.33 bits per heavy atom. The fraction of sp³-hybridized carbons (Fsp3) is 0.0769. The molecule has 2 aromatic rings. The fourth-order valence-corrected chi connectivity index (χ4v) is 1.73. The SMILES string of the molecule is Cc1cc(O)ccc1C(=O)Nc1cccc(Cl)n1. The number of phenolic OH excluding ortho intramolecular Hbond substituents is 1. The molecule has 2 N–H and O–H groups in total.